The number of aromatic amines is 1. The summed E-state index contributed by atoms with van der Waals surface area (Å²) in [5.74, 6) is 0.813. The number of hydrogen-bond acceptors (Lipinski definition) is 4. The quantitative estimate of drug-likeness (QED) is 0.791. The van der Waals surface area contributed by atoms with Crippen LogP contribution in [0.15, 0.2) is 39.9 Å². The number of thiophene rings is 1. The minimum atomic E-state index is -3.40. The summed E-state index contributed by atoms with van der Waals surface area (Å²) >= 11 is 1.26. The average Bonchev–Trinajstić information content (AvgIpc) is 3.21. The molecule has 0 saturated heterocycles. The van der Waals surface area contributed by atoms with Crippen molar-refractivity contribution in [3.05, 3.63) is 47.0 Å². The van der Waals surface area contributed by atoms with Crippen LogP contribution in [0.2, 0.25) is 0 Å². The maximum Gasteiger partial charge on any atom is 0.252 e. The van der Waals surface area contributed by atoms with Crippen LogP contribution < -0.4 is 4.74 Å². The van der Waals surface area contributed by atoms with Crippen molar-refractivity contribution in [2.24, 2.45) is 0 Å². The lowest BCUT2D eigenvalue weighted by Gasteiger charge is -2.25. The molecule has 4 rings (SSSR count). The smallest absolute Gasteiger partial charge is 0.252 e. The van der Waals surface area contributed by atoms with Crippen LogP contribution in [-0.2, 0) is 23.0 Å². The van der Waals surface area contributed by atoms with E-state index in [9.17, 15) is 8.42 Å². The first-order valence-electron chi connectivity index (χ1n) is 7.31. The van der Waals surface area contributed by atoms with E-state index in [0.717, 1.165) is 22.3 Å². The Morgan fingerprint density at radius 3 is 2.91 bits per heavy atom. The van der Waals surface area contributed by atoms with E-state index in [1.165, 1.54) is 16.9 Å². The van der Waals surface area contributed by atoms with Crippen LogP contribution in [0.5, 0.6) is 5.75 Å². The molecule has 3 heterocycles. The van der Waals surface area contributed by atoms with E-state index < -0.39 is 10.0 Å². The lowest BCUT2D eigenvalue weighted by atomic mass is 10.0. The van der Waals surface area contributed by atoms with Gasteiger partial charge in [-0.1, -0.05) is 6.07 Å². The largest absolute Gasteiger partial charge is 0.497 e. The van der Waals surface area contributed by atoms with Crippen molar-refractivity contribution in [3.63, 3.8) is 0 Å². The molecule has 0 atom stereocenters. The summed E-state index contributed by atoms with van der Waals surface area (Å²) in [7, 11) is -1.76. The summed E-state index contributed by atoms with van der Waals surface area (Å²) in [6, 6.07) is 9.32. The van der Waals surface area contributed by atoms with Crippen molar-refractivity contribution in [2.75, 3.05) is 13.7 Å². The standard InChI is InChI=1S/C16H16N2O3S2/c1-21-11-4-5-14-13(9-11)12-6-7-18(10-15(12)17-14)23(19,20)16-3-2-8-22-16/h2-5,8-9,17H,6-7,10H2,1H3. The van der Waals surface area contributed by atoms with E-state index in [0.29, 0.717) is 23.7 Å². The van der Waals surface area contributed by atoms with Crippen LogP contribution in [0, 0.1) is 0 Å². The fraction of sp³-hybridized carbons (Fsp3) is 0.250. The first kappa shape index (κ1) is 14.7. The molecule has 120 valence electrons. The van der Waals surface area contributed by atoms with Gasteiger partial charge in [0.2, 0.25) is 0 Å². The van der Waals surface area contributed by atoms with Gasteiger partial charge in [-0.25, -0.2) is 8.42 Å². The Balaban J connectivity index is 1.73. The number of fused-ring (bicyclic) bond motifs is 3. The fourth-order valence-corrected chi connectivity index (χ4v) is 5.62. The summed E-state index contributed by atoms with van der Waals surface area (Å²) in [6.07, 6.45) is 0.701. The molecule has 0 saturated carbocycles. The summed E-state index contributed by atoms with van der Waals surface area (Å²) < 4.78 is 32.6. The van der Waals surface area contributed by atoms with Crippen molar-refractivity contribution >= 4 is 32.3 Å². The maximum absolute atomic E-state index is 12.7. The first-order valence-corrected chi connectivity index (χ1v) is 9.62. The highest BCUT2D eigenvalue weighted by Gasteiger charge is 2.30. The van der Waals surface area contributed by atoms with Gasteiger partial charge in [-0.3, -0.25) is 0 Å². The topological polar surface area (TPSA) is 62.4 Å². The zero-order valence-corrected chi connectivity index (χ0v) is 14.2. The number of benzene rings is 1. The molecule has 1 aliphatic heterocycles. The van der Waals surface area contributed by atoms with E-state index in [2.05, 4.69) is 4.98 Å². The van der Waals surface area contributed by atoms with Crippen LogP contribution in [0.3, 0.4) is 0 Å². The third-order valence-electron chi connectivity index (χ3n) is 4.24. The molecule has 1 N–H and O–H groups in total. The number of ether oxygens (including phenoxy) is 1. The summed E-state index contributed by atoms with van der Waals surface area (Å²) in [4.78, 5) is 3.36. The number of H-pyrrole nitrogens is 1. The molecule has 0 radical (unpaired) electrons. The molecule has 0 amide bonds. The van der Waals surface area contributed by atoms with Gasteiger partial charge >= 0.3 is 0 Å². The van der Waals surface area contributed by atoms with Crippen molar-refractivity contribution in [2.45, 2.75) is 17.2 Å². The van der Waals surface area contributed by atoms with E-state index in [1.54, 1.807) is 28.9 Å². The number of nitrogens with zero attached hydrogens (tertiary/aromatic N) is 1. The molecule has 1 aromatic carbocycles. The highest BCUT2D eigenvalue weighted by molar-refractivity contribution is 7.91. The lowest BCUT2D eigenvalue weighted by molar-refractivity contribution is 0.389. The third-order valence-corrected chi connectivity index (χ3v) is 7.45. The molecular formula is C16H16N2O3S2. The molecular weight excluding hydrogens is 332 g/mol. The average molecular weight is 348 g/mol. The number of aromatic nitrogens is 1. The zero-order valence-electron chi connectivity index (χ0n) is 12.6. The Morgan fingerprint density at radius 2 is 2.17 bits per heavy atom. The van der Waals surface area contributed by atoms with Crippen molar-refractivity contribution in [1.29, 1.82) is 0 Å². The van der Waals surface area contributed by atoms with Gasteiger partial charge in [0.05, 0.1) is 13.7 Å². The van der Waals surface area contributed by atoms with E-state index in [-0.39, 0.29) is 0 Å². The second-order valence-electron chi connectivity index (χ2n) is 5.51. The van der Waals surface area contributed by atoms with E-state index in [1.807, 2.05) is 18.2 Å². The molecule has 3 aromatic rings. The number of sulfonamides is 1. The van der Waals surface area contributed by atoms with Crippen molar-refractivity contribution in [3.8, 4) is 5.75 Å². The Labute approximate surface area is 138 Å². The summed E-state index contributed by atoms with van der Waals surface area (Å²) in [5, 5.41) is 2.91. The van der Waals surface area contributed by atoms with Crippen LogP contribution in [0.25, 0.3) is 10.9 Å². The predicted molar refractivity (Wildman–Crippen MR) is 90.5 cm³/mol. The maximum atomic E-state index is 12.7. The van der Waals surface area contributed by atoms with Crippen LogP contribution >= 0.6 is 11.3 Å². The van der Waals surface area contributed by atoms with E-state index in [4.69, 9.17) is 4.74 Å². The number of hydrogen-bond donors (Lipinski definition) is 1. The third kappa shape index (κ3) is 2.36. The molecule has 1 aliphatic rings. The number of rotatable bonds is 3. The van der Waals surface area contributed by atoms with Gasteiger partial charge in [0.25, 0.3) is 10.0 Å². The van der Waals surface area contributed by atoms with Gasteiger partial charge in [0.1, 0.15) is 9.96 Å². The van der Waals surface area contributed by atoms with Crippen LogP contribution in [-0.4, -0.2) is 31.4 Å². The molecule has 0 bridgehead atoms. The van der Waals surface area contributed by atoms with Gasteiger partial charge in [0.15, 0.2) is 0 Å². The molecule has 0 aliphatic carbocycles. The monoisotopic (exact) mass is 348 g/mol. The number of nitrogens with one attached hydrogen (secondary N) is 1. The molecule has 2 aromatic heterocycles. The molecule has 0 fully saturated rings. The summed E-state index contributed by atoms with van der Waals surface area (Å²) in [6.45, 7) is 0.879. The van der Waals surface area contributed by atoms with Gasteiger partial charge < -0.3 is 9.72 Å². The molecule has 23 heavy (non-hydrogen) atoms. The second-order valence-corrected chi connectivity index (χ2v) is 8.63. The molecule has 0 unspecified atom stereocenters. The van der Waals surface area contributed by atoms with Gasteiger partial charge in [0, 0.05) is 23.1 Å². The first-order chi connectivity index (χ1) is 11.1. The van der Waals surface area contributed by atoms with Crippen LogP contribution in [0.4, 0.5) is 0 Å². The minimum Gasteiger partial charge on any atom is -0.497 e. The lowest BCUT2D eigenvalue weighted by Crippen LogP contribution is -2.35. The fourth-order valence-electron chi connectivity index (χ4n) is 3.06. The Morgan fingerprint density at radius 1 is 1.30 bits per heavy atom. The van der Waals surface area contributed by atoms with Gasteiger partial charge in [-0.15, -0.1) is 11.3 Å². The molecule has 7 heteroatoms. The highest BCUT2D eigenvalue weighted by atomic mass is 32.2. The SMILES string of the molecule is COc1ccc2[nH]c3c(c2c1)CCN(S(=O)(=O)c1cccs1)C3. The second kappa shape index (κ2) is 5.36. The zero-order chi connectivity index (χ0) is 16.0. The van der Waals surface area contributed by atoms with Gasteiger partial charge in [-0.05, 0) is 41.6 Å². The normalized spacial score (nSPS) is 15.7. The van der Waals surface area contributed by atoms with E-state index >= 15 is 0 Å². The Bertz CT molecular complexity index is 959. The number of methoxy groups -OCH3 is 1. The van der Waals surface area contributed by atoms with Crippen molar-refractivity contribution < 1.29 is 13.2 Å². The Kier molecular flexibility index (Phi) is 3.44. The van der Waals surface area contributed by atoms with Gasteiger partial charge in [-0.2, -0.15) is 4.31 Å². The minimum absolute atomic E-state index is 0.382. The molecule has 0 spiro atoms. The van der Waals surface area contributed by atoms with Crippen molar-refractivity contribution in [1.82, 2.24) is 9.29 Å². The Hall–Kier alpha value is -1.83. The predicted octanol–water partition coefficient (Wildman–Crippen LogP) is 2.99. The highest BCUT2D eigenvalue weighted by Crippen LogP contribution is 2.32. The van der Waals surface area contributed by atoms with Crippen LogP contribution in [0.1, 0.15) is 11.3 Å². The molecule has 5 nitrogen and oxygen atoms in total. The summed E-state index contributed by atoms with van der Waals surface area (Å²) in [5.41, 5.74) is 3.18.